The van der Waals surface area contributed by atoms with E-state index in [2.05, 4.69) is 24.9 Å². The number of esters is 2. The van der Waals surface area contributed by atoms with Gasteiger partial charge in [0.05, 0.1) is 31.0 Å². The molecule has 9 nitrogen and oxygen atoms in total. The average molecular weight is 533 g/mol. The number of methoxy groups -OCH3 is 2. The lowest BCUT2D eigenvalue weighted by molar-refractivity contribution is -0.142. The number of hydrogen-bond donors (Lipinski definition) is 1. The number of aromatic nitrogens is 3. The van der Waals surface area contributed by atoms with Crippen molar-refractivity contribution in [3.8, 4) is 11.3 Å². The Morgan fingerprint density at radius 1 is 0.919 bits per heavy atom. The summed E-state index contributed by atoms with van der Waals surface area (Å²) in [6.45, 7) is 0. The number of benzene rings is 2. The number of rotatable bonds is 5. The lowest BCUT2D eigenvalue weighted by atomic mass is 10.1. The highest BCUT2D eigenvalue weighted by atomic mass is 35.5. The van der Waals surface area contributed by atoms with Crippen molar-refractivity contribution >= 4 is 40.8 Å². The van der Waals surface area contributed by atoms with Crippen LogP contribution in [0.1, 0.15) is 36.9 Å². The molecule has 0 saturated carbocycles. The van der Waals surface area contributed by atoms with Crippen molar-refractivity contribution in [3.05, 3.63) is 82.1 Å². The molecule has 190 valence electrons. The van der Waals surface area contributed by atoms with E-state index in [0.717, 1.165) is 26.4 Å². The zero-order valence-corrected chi connectivity index (χ0v) is 19.8. The standard InChI is InChI=1S/C24H16ClF3N4O5/c1-36-22(34)13-7-14(23(35)37-2)9-16(8-13)29-21(33)18-11-20-30-17(12-3-5-15(25)6-4-12)10-19(24(26,27)28)32(20)31-18/h3-11H,1-2H3,(H,29,33). The Morgan fingerprint density at radius 3 is 2.05 bits per heavy atom. The van der Waals surface area contributed by atoms with E-state index in [9.17, 15) is 27.6 Å². The molecular weight excluding hydrogens is 517 g/mol. The first-order valence-electron chi connectivity index (χ1n) is 10.4. The van der Waals surface area contributed by atoms with Gasteiger partial charge < -0.3 is 14.8 Å². The molecule has 0 atom stereocenters. The van der Waals surface area contributed by atoms with Gasteiger partial charge in [-0.15, -0.1) is 0 Å². The smallest absolute Gasteiger partial charge is 0.433 e. The summed E-state index contributed by atoms with van der Waals surface area (Å²) in [6, 6.07) is 11.6. The van der Waals surface area contributed by atoms with E-state index in [4.69, 9.17) is 11.6 Å². The molecule has 13 heteroatoms. The third-order valence-electron chi connectivity index (χ3n) is 5.12. The summed E-state index contributed by atoms with van der Waals surface area (Å²) in [6.07, 6.45) is -4.81. The van der Waals surface area contributed by atoms with E-state index < -0.39 is 35.4 Å². The largest absolute Gasteiger partial charge is 0.465 e. The minimum absolute atomic E-state index is 0.00292. The van der Waals surface area contributed by atoms with E-state index in [0.29, 0.717) is 15.1 Å². The molecule has 0 saturated heterocycles. The number of anilines is 1. The zero-order valence-electron chi connectivity index (χ0n) is 19.1. The van der Waals surface area contributed by atoms with Crippen LogP contribution in [0.4, 0.5) is 18.9 Å². The summed E-state index contributed by atoms with van der Waals surface area (Å²) in [4.78, 5) is 41.1. The van der Waals surface area contributed by atoms with Gasteiger partial charge >= 0.3 is 18.1 Å². The van der Waals surface area contributed by atoms with Crippen molar-refractivity contribution in [1.82, 2.24) is 14.6 Å². The van der Waals surface area contributed by atoms with Crippen molar-refractivity contribution in [2.45, 2.75) is 6.18 Å². The Morgan fingerprint density at radius 2 is 1.51 bits per heavy atom. The first-order valence-corrected chi connectivity index (χ1v) is 10.7. The zero-order chi connectivity index (χ0) is 26.9. The Kier molecular flexibility index (Phi) is 6.86. The SMILES string of the molecule is COC(=O)c1cc(NC(=O)c2cc3nc(-c4ccc(Cl)cc4)cc(C(F)(F)F)n3n2)cc(C(=O)OC)c1. The van der Waals surface area contributed by atoms with Crippen LogP contribution in [0.5, 0.6) is 0 Å². The molecule has 4 rings (SSSR count). The summed E-state index contributed by atoms with van der Waals surface area (Å²) < 4.78 is 51.3. The van der Waals surface area contributed by atoms with Crippen LogP contribution in [0.25, 0.3) is 16.9 Å². The average Bonchev–Trinajstić information content (AvgIpc) is 3.31. The molecule has 37 heavy (non-hydrogen) atoms. The predicted molar refractivity (Wildman–Crippen MR) is 126 cm³/mol. The monoisotopic (exact) mass is 532 g/mol. The van der Waals surface area contributed by atoms with Gasteiger partial charge in [-0.2, -0.15) is 18.3 Å². The second kappa shape index (κ2) is 9.90. The van der Waals surface area contributed by atoms with Crippen LogP contribution in [0.2, 0.25) is 5.02 Å². The second-order valence-electron chi connectivity index (χ2n) is 7.57. The Hall–Kier alpha value is -4.45. The van der Waals surface area contributed by atoms with Crippen molar-refractivity contribution in [3.63, 3.8) is 0 Å². The van der Waals surface area contributed by atoms with Gasteiger partial charge in [0.2, 0.25) is 0 Å². The van der Waals surface area contributed by atoms with Crippen molar-refractivity contribution in [2.24, 2.45) is 0 Å². The maximum absolute atomic E-state index is 13.8. The molecule has 0 fully saturated rings. The fourth-order valence-electron chi connectivity index (χ4n) is 3.42. The van der Waals surface area contributed by atoms with E-state index in [-0.39, 0.29) is 28.2 Å². The fraction of sp³-hybridized carbons (Fsp3) is 0.125. The van der Waals surface area contributed by atoms with Crippen molar-refractivity contribution in [1.29, 1.82) is 0 Å². The first-order chi connectivity index (χ1) is 17.5. The number of amides is 1. The summed E-state index contributed by atoms with van der Waals surface area (Å²) in [5.74, 6) is -2.49. The van der Waals surface area contributed by atoms with Crippen LogP contribution in [0.15, 0.2) is 54.6 Å². The maximum Gasteiger partial charge on any atom is 0.433 e. The number of nitrogens with one attached hydrogen (secondary N) is 1. The van der Waals surface area contributed by atoms with E-state index >= 15 is 0 Å². The molecule has 0 bridgehead atoms. The van der Waals surface area contributed by atoms with Crippen LogP contribution in [-0.4, -0.2) is 46.7 Å². The summed E-state index contributed by atoms with van der Waals surface area (Å²) in [7, 11) is 2.26. The van der Waals surface area contributed by atoms with Crippen LogP contribution < -0.4 is 5.32 Å². The molecule has 0 aliphatic carbocycles. The molecular formula is C24H16ClF3N4O5. The molecule has 0 aliphatic rings. The number of nitrogens with zero attached hydrogens (tertiary/aromatic N) is 3. The highest BCUT2D eigenvalue weighted by molar-refractivity contribution is 6.30. The number of halogens is 4. The Labute approximate surface area is 211 Å². The van der Waals surface area contributed by atoms with Gasteiger partial charge in [-0.3, -0.25) is 4.79 Å². The summed E-state index contributed by atoms with van der Waals surface area (Å²) in [5.41, 5.74) is -1.55. The third-order valence-corrected chi connectivity index (χ3v) is 5.38. The number of alkyl halides is 3. The molecule has 0 spiro atoms. The predicted octanol–water partition coefficient (Wildman–Crippen LogP) is 4.89. The molecule has 2 heterocycles. The quantitative estimate of drug-likeness (QED) is 0.364. The molecule has 2 aromatic carbocycles. The van der Waals surface area contributed by atoms with Gasteiger partial charge in [0.15, 0.2) is 17.0 Å². The fourth-order valence-corrected chi connectivity index (χ4v) is 3.55. The third kappa shape index (κ3) is 5.38. The second-order valence-corrected chi connectivity index (χ2v) is 8.00. The lowest BCUT2D eigenvalue weighted by Crippen LogP contribution is -2.16. The number of ether oxygens (including phenoxy) is 2. The topological polar surface area (TPSA) is 112 Å². The number of hydrogen-bond acceptors (Lipinski definition) is 7. The summed E-state index contributed by atoms with van der Waals surface area (Å²) in [5, 5.41) is 6.60. The van der Waals surface area contributed by atoms with Gasteiger partial charge in [0, 0.05) is 22.3 Å². The van der Waals surface area contributed by atoms with Crippen LogP contribution in [0, 0.1) is 0 Å². The highest BCUT2D eigenvalue weighted by Gasteiger charge is 2.35. The van der Waals surface area contributed by atoms with E-state index in [1.807, 2.05) is 0 Å². The normalized spacial score (nSPS) is 11.3. The maximum atomic E-state index is 13.8. The van der Waals surface area contributed by atoms with Crippen molar-refractivity contribution < 1.29 is 37.0 Å². The molecule has 1 N–H and O–H groups in total. The van der Waals surface area contributed by atoms with Gasteiger partial charge in [0.1, 0.15) is 0 Å². The molecule has 4 aromatic rings. The van der Waals surface area contributed by atoms with E-state index in [1.165, 1.54) is 42.5 Å². The van der Waals surface area contributed by atoms with Crippen molar-refractivity contribution in [2.75, 3.05) is 19.5 Å². The minimum atomic E-state index is -4.81. The molecule has 0 radical (unpaired) electrons. The first kappa shape index (κ1) is 25.6. The van der Waals surface area contributed by atoms with Gasteiger partial charge in [0.25, 0.3) is 5.91 Å². The van der Waals surface area contributed by atoms with Crippen LogP contribution in [-0.2, 0) is 15.7 Å². The highest BCUT2D eigenvalue weighted by Crippen LogP contribution is 2.32. The van der Waals surface area contributed by atoms with Gasteiger partial charge in [-0.1, -0.05) is 23.7 Å². The van der Waals surface area contributed by atoms with Gasteiger partial charge in [-0.05, 0) is 36.4 Å². The number of carbonyl (C=O) groups excluding carboxylic acids is 3. The molecule has 0 aliphatic heterocycles. The van der Waals surface area contributed by atoms with Gasteiger partial charge in [-0.25, -0.2) is 19.1 Å². The molecule has 0 unspecified atom stereocenters. The number of carbonyl (C=O) groups is 3. The van der Waals surface area contributed by atoms with E-state index in [1.54, 1.807) is 0 Å². The minimum Gasteiger partial charge on any atom is -0.465 e. The summed E-state index contributed by atoms with van der Waals surface area (Å²) >= 11 is 5.86. The molecule has 2 aromatic heterocycles. The number of fused-ring (bicyclic) bond motifs is 1. The Balaban J connectivity index is 1.75. The Bertz CT molecular complexity index is 1500. The van der Waals surface area contributed by atoms with Crippen LogP contribution >= 0.6 is 11.6 Å². The van der Waals surface area contributed by atoms with Crippen LogP contribution in [0.3, 0.4) is 0 Å². The molecule has 1 amide bonds. The lowest BCUT2D eigenvalue weighted by Gasteiger charge is -2.11.